The smallest absolute Gasteiger partial charge is 0.225 e. The molecule has 1 heterocycles. The van der Waals surface area contributed by atoms with Crippen LogP contribution in [0.15, 0.2) is 0 Å². The third-order valence-electron chi connectivity index (χ3n) is 7.13. The molecule has 1 saturated heterocycles. The monoisotopic (exact) mass is 332 g/mol. The van der Waals surface area contributed by atoms with E-state index in [0.717, 1.165) is 37.3 Å². The van der Waals surface area contributed by atoms with Gasteiger partial charge in [0.2, 0.25) is 11.8 Å². The summed E-state index contributed by atoms with van der Waals surface area (Å²) in [5.74, 6) is 3.36. The lowest BCUT2D eigenvalue weighted by molar-refractivity contribution is -0.145. The van der Waals surface area contributed by atoms with Crippen LogP contribution in [0.2, 0.25) is 0 Å². The van der Waals surface area contributed by atoms with E-state index in [2.05, 4.69) is 0 Å². The molecule has 0 atom stereocenters. The van der Waals surface area contributed by atoms with Gasteiger partial charge in [0.1, 0.15) is 0 Å². The van der Waals surface area contributed by atoms with Gasteiger partial charge in [-0.15, -0.1) is 0 Å². The summed E-state index contributed by atoms with van der Waals surface area (Å²) in [6, 6.07) is 0. The zero-order valence-electron chi connectivity index (χ0n) is 15.3. The van der Waals surface area contributed by atoms with Gasteiger partial charge in [-0.1, -0.05) is 13.8 Å². The number of nitrogens with zero attached hydrogens (tertiary/aromatic N) is 2. The Labute approximate surface area is 145 Å². The highest BCUT2D eigenvalue weighted by Gasteiger charge is 2.51. The van der Waals surface area contributed by atoms with Crippen LogP contribution in [0.1, 0.15) is 58.8 Å². The first-order valence-corrected chi connectivity index (χ1v) is 10.0. The van der Waals surface area contributed by atoms with Gasteiger partial charge in [-0.05, 0) is 61.7 Å². The van der Waals surface area contributed by atoms with Gasteiger partial charge in [0.15, 0.2) is 0 Å². The largest absolute Gasteiger partial charge is 0.339 e. The molecule has 5 fully saturated rings. The molecule has 0 N–H and O–H groups in total. The number of carbonyl (C=O) groups excluding carboxylic acids is 2. The van der Waals surface area contributed by atoms with Crippen molar-refractivity contribution in [3.05, 3.63) is 0 Å². The quantitative estimate of drug-likeness (QED) is 0.797. The number of rotatable bonds is 3. The minimum absolute atomic E-state index is 0.0549. The predicted molar refractivity (Wildman–Crippen MR) is 93.2 cm³/mol. The fraction of sp³-hybridized carbons (Fsp3) is 0.900. The number of carbonyl (C=O) groups is 2. The zero-order valence-corrected chi connectivity index (χ0v) is 15.3. The Hall–Kier alpha value is -1.06. The molecule has 4 nitrogen and oxygen atoms in total. The molecule has 0 aromatic heterocycles. The molecule has 4 bridgehead atoms. The average Bonchev–Trinajstić information content (AvgIpc) is 2.52. The SMILES string of the molecule is CC(C)C(=O)N1CCN(C(=O)CC23CC4CC(CC(C4)C2)C3)CC1. The number of piperazine rings is 1. The van der Waals surface area contributed by atoms with Crippen molar-refractivity contribution in [1.82, 2.24) is 9.80 Å². The first-order chi connectivity index (χ1) is 11.4. The Balaban J connectivity index is 1.34. The Bertz CT molecular complexity index is 484. The van der Waals surface area contributed by atoms with Crippen molar-refractivity contribution in [2.75, 3.05) is 26.2 Å². The third kappa shape index (κ3) is 2.97. The maximum Gasteiger partial charge on any atom is 0.225 e. The fourth-order valence-corrected chi connectivity index (χ4v) is 6.48. The highest BCUT2D eigenvalue weighted by atomic mass is 16.2. The minimum atomic E-state index is 0.0549. The summed E-state index contributed by atoms with van der Waals surface area (Å²) in [6.07, 6.45) is 8.98. The van der Waals surface area contributed by atoms with Crippen molar-refractivity contribution in [3.8, 4) is 0 Å². The van der Waals surface area contributed by atoms with Crippen LogP contribution >= 0.6 is 0 Å². The lowest BCUT2D eigenvalue weighted by Crippen LogP contribution is -2.53. The summed E-state index contributed by atoms with van der Waals surface area (Å²) in [4.78, 5) is 29.0. The molecule has 4 aliphatic carbocycles. The van der Waals surface area contributed by atoms with Gasteiger partial charge in [-0.25, -0.2) is 0 Å². The van der Waals surface area contributed by atoms with Gasteiger partial charge >= 0.3 is 0 Å². The van der Waals surface area contributed by atoms with Crippen molar-refractivity contribution in [2.24, 2.45) is 29.1 Å². The van der Waals surface area contributed by atoms with E-state index in [9.17, 15) is 9.59 Å². The normalized spacial score (nSPS) is 38.0. The molecule has 0 unspecified atom stereocenters. The Morgan fingerprint density at radius 2 is 1.33 bits per heavy atom. The summed E-state index contributed by atoms with van der Waals surface area (Å²) in [5.41, 5.74) is 0.330. The topological polar surface area (TPSA) is 40.6 Å². The summed E-state index contributed by atoms with van der Waals surface area (Å²) >= 11 is 0. The average molecular weight is 332 g/mol. The molecule has 2 amide bonds. The van der Waals surface area contributed by atoms with Crippen molar-refractivity contribution < 1.29 is 9.59 Å². The van der Waals surface area contributed by atoms with Crippen molar-refractivity contribution in [1.29, 1.82) is 0 Å². The maximum absolute atomic E-state index is 12.9. The lowest BCUT2D eigenvalue weighted by Gasteiger charge is -2.57. The fourth-order valence-electron chi connectivity index (χ4n) is 6.48. The maximum atomic E-state index is 12.9. The zero-order chi connectivity index (χ0) is 16.9. The Morgan fingerprint density at radius 1 is 0.875 bits per heavy atom. The van der Waals surface area contributed by atoms with Crippen LogP contribution in [-0.2, 0) is 9.59 Å². The lowest BCUT2D eigenvalue weighted by atomic mass is 9.49. The van der Waals surface area contributed by atoms with Crippen molar-refractivity contribution in [2.45, 2.75) is 58.8 Å². The van der Waals surface area contributed by atoms with E-state index in [4.69, 9.17) is 0 Å². The van der Waals surface area contributed by atoms with Crippen LogP contribution in [0.25, 0.3) is 0 Å². The van der Waals surface area contributed by atoms with Gasteiger partial charge in [0.25, 0.3) is 0 Å². The molecule has 4 heteroatoms. The minimum Gasteiger partial charge on any atom is -0.339 e. The Morgan fingerprint density at radius 3 is 1.79 bits per heavy atom. The van der Waals surface area contributed by atoms with Crippen LogP contribution in [0.4, 0.5) is 0 Å². The summed E-state index contributed by atoms with van der Waals surface area (Å²) in [5, 5.41) is 0. The molecular weight excluding hydrogens is 300 g/mol. The predicted octanol–water partition coefficient (Wildman–Crippen LogP) is 2.92. The molecule has 5 rings (SSSR count). The number of hydrogen-bond donors (Lipinski definition) is 0. The molecule has 0 aromatic carbocycles. The summed E-state index contributed by atoms with van der Waals surface area (Å²) < 4.78 is 0. The standard InChI is InChI=1S/C20H32N2O2/c1-14(2)19(24)22-5-3-21(4-6-22)18(23)13-20-10-15-7-16(11-20)9-17(8-15)12-20/h14-17H,3-13H2,1-2H3. The van der Waals surface area contributed by atoms with E-state index in [1.807, 2.05) is 23.6 Å². The van der Waals surface area contributed by atoms with Crippen molar-refractivity contribution in [3.63, 3.8) is 0 Å². The van der Waals surface area contributed by atoms with E-state index >= 15 is 0 Å². The van der Waals surface area contributed by atoms with Crippen LogP contribution < -0.4 is 0 Å². The highest BCUT2D eigenvalue weighted by molar-refractivity contribution is 5.80. The third-order valence-corrected chi connectivity index (χ3v) is 7.13. The first-order valence-electron chi connectivity index (χ1n) is 10.0. The van der Waals surface area contributed by atoms with E-state index in [1.165, 1.54) is 38.5 Å². The second-order valence-corrected chi connectivity index (χ2v) is 9.46. The summed E-state index contributed by atoms with van der Waals surface area (Å²) in [7, 11) is 0. The van der Waals surface area contributed by atoms with Crippen LogP contribution in [-0.4, -0.2) is 47.8 Å². The van der Waals surface area contributed by atoms with E-state index in [0.29, 0.717) is 24.4 Å². The van der Waals surface area contributed by atoms with E-state index in [-0.39, 0.29) is 11.8 Å². The number of amides is 2. The molecule has 5 aliphatic rings. The molecular formula is C20H32N2O2. The van der Waals surface area contributed by atoms with E-state index < -0.39 is 0 Å². The Kier molecular flexibility index (Phi) is 4.12. The van der Waals surface area contributed by atoms with Gasteiger partial charge in [-0.3, -0.25) is 9.59 Å². The van der Waals surface area contributed by atoms with Gasteiger partial charge in [0, 0.05) is 38.5 Å². The van der Waals surface area contributed by atoms with Crippen molar-refractivity contribution >= 4 is 11.8 Å². The van der Waals surface area contributed by atoms with Crippen LogP contribution in [0, 0.1) is 29.1 Å². The van der Waals surface area contributed by atoms with Crippen LogP contribution in [0.5, 0.6) is 0 Å². The second kappa shape index (κ2) is 6.03. The molecule has 24 heavy (non-hydrogen) atoms. The molecule has 4 saturated carbocycles. The molecule has 1 aliphatic heterocycles. The highest BCUT2D eigenvalue weighted by Crippen LogP contribution is 2.61. The van der Waals surface area contributed by atoms with Gasteiger partial charge < -0.3 is 9.80 Å². The molecule has 0 aromatic rings. The first kappa shape index (κ1) is 16.4. The molecule has 0 spiro atoms. The van der Waals surface area contributed by atoms with Crippen LogP contribution in [0.3, 0.4) is 0 Å². The van der Waals surface area contributed by atoms with E-state index in [1.54, 1.807) is 0 Å². The number of hydrogen-bond acceptors (Lipinski definition) is 2. The van der Waals surface area contributed by atoms with Gasteiger partial charge in [-0.2, -0.15) is 0 Å². The second-order valence-electron chi connectivity index (χ2n) is 9.46. The van der Waals surface area contributed by atoms with Gasteiger partial charge in [0.05, 0.1) is 0 Å². The summed E-state index contributed by atoms with van der Waals surface area (Å²) in [6.45, 7) is 6.78. The molecule has 0 radical (unpaired) electrons. The molecule has 134 valence electrons.